The SMILES string of the molecule is N#CC1(NC(=O)CNc2ccc(OCCO)cc2C(F)(F)F)CCCCC1. The topological polar surface area (TPSA) is 94.4 Å². The van der Waals surface area contributed by atoms with Crippen LogP contribution in [0.15, 0.2) is 18.2 Å². The third-order valence-corrected chi connectivity index (χ3v) is 4.40. The summed E-state index contributed by atoms with van der Waals surface area (Å²) in [6.45, 7) is -0.825. The third-order valence-electron chi connectivity index (χ3n) is 4.40. The van der Waals surface area contributed by atoms with Crippen molar-refractivity contribution in [3.8, 4) is 11.8 Å². The van der Waals surface area contributed by atoms with E-state index in [9.17, 15) is 23.2 Å². The Labute approximate surface area is 155 Å². The fraction of sp³-hybridized carbons (Fsp3) is 0.556. The zero-order valence-corrected chi connectivity index (χ0v) is 14.7. The van der Waals surface area contributed by atoms with Crippen LogP contribution in [0, 0.1) is 11.3 Å². The summed E-state index contributed by atoms with van der Waals surface area (Å²) < 4.78 is 44.8. The van der Waals surface area contributed by atoms with Crippen LogP contribution >= 0.6 is 0 Å². The molecule has 1 aliphatic rings. The Bertz CT molecular complexity index is 695. The maximum absolute atomic E-state index is 13.3. The molecule has 1 amide bonds. The van der Waals surface area contributed by atoms with E-state index in [4.69, 9.17) is 9.84 Å². The summed E-state index contributed by atoms with van der Waals surface area (Å²) in [7, 11) is 0. The van der Waals surface area contributed by atoms with Crippen molar-refractivity contribution in [2.75, 3.05) is 25.1 Å². The molecule has 0 aliphatic heterocycles. The van der Waals surface area contributed by atoms with Gasteiger partial charge in [-0.05, 0) is 31.0 Å². The molecule has 0 atom stereocenters. The van der Waals surface area contributed by atoms with E-state index < -0.39 is 23.2 Å². The molecule has 0 aromatic heterocycles. The van der Waals surface area contributed by atoms with Gasteiger partial charge in [0.05, 0.1) is 24.8 Å². The number of nitrogens with zero attached hydrogens (tertiary/aromatic N) is 1. The van der Waals surface area contributed by atoms with Crippen LogP contribution in [-0.4, -0.2) is 36.3 Å². The zero-order chi connectivity index (χ0) is 19.9. The second-order valence-corrected chi connectivity index (χ2v) is 6.43. The van der Waals surface area contributed by atoms with E-state index in [1.54, 1.807) is 0 Å². The fourth-order valence-electron chi connectivity index (χ4n) is 3.07. The van der Waals surface area contributed by atoms with E-state index in [-0.39, 0.29) is 31.2 Å². The number of carbonyl (C=O) groups excluding carboxylic acids is 1. The van der Waals surface area contributed by atoms with Crippen molar-refractivity contribution in [1.82, 2.24) is 5.32 Å². The molecule has 1 aromatic rings. The van der Waals surface area contributed by atoms with E-state index in [2.05, 4.69) is 16.7 Å². The summed E-state index contributed by atoms with van der Waals surface area (Å²) in [6, 6.07) is 5.44. The molecule has 0 bridgehead atoms. The summed E-state index contributed by atoms with van der Waals surface area (Å²) in [6.07, 6.45) is -0.907. The van der Waals surface area contributed by atoms with Crippen molar-refractivity contribution in [2.24, 2.45) is 0 Å². The lowest BCUT2D eigenvalue weighted by Crippen LogP contribution is -2.50. The van der Waals surface area contributed by atoms with Gasteiger partial charge in [-0.3, -0.25) is 4.79 Å². The van der Waals surface area contributed by atoms with Crippen molar-refractivity contribution in [1.29, 1.82) is 5.26 Å². The monoisotopic (exact) mass is 385 g/mol. The Balaban J connectivity index is 2.05. The van der Waals surface area contributed by atoms with Gasteiger partial charge in [0.1, 0.15) is 17.9 Å². The maximum atomic E-state index is 13.3. The number of ether oxygens (including phenoxy) is 1. The first-order valence-corrected chi connectivity index (χ1v) is 8.71. The number of nitrogens with one attached hydrogen (secondary N) is 2. The van der Waals surface area contributed by atoms with Crippen LogP contribution < -0.4 is 15.4 Å². The Morgan fingerprint density at radius 3 is 2.59 bits per heavy atom. The minimum atomic E-state index is -4.64. The first-order valence-electron chi connectivity index (χ1n) is 8.71. The van der Waals surface area contributed by atoms with Gasteiger partial charge in [0.25, 0.3) is 0 Å². The first-order chi connectivity index (χ1) is 12.8. The number of hydrogen-bond acceptors (Lipinski definition) is 5. The van der Waals surface area contributed by atoms with Crippen molar-refractivity contribution >= 4 is 11.6 Å². The standard InChI is InChI=1S/C18H22F3N3O3/c19-18(20,21)14-10-13(27-9-8-25)4-5-15(14)23-11-16(26)24-17(12-22)6-2-1-3-7-17/h4-5,10,23,25H,1-3,6-9,11H2,(H,24,26). The van der Waals surface area contributed by atoms with Gasteiger partial charge in [-0.2, -0.15) is 18.4 Å². The lowest BCUT2D eigenvalue weighted by atomic mass is 9.83. The fourth-order valence-corrected chi connectivity index (χ4v) is 3.07. The summed E-state index contributed by atoms with van der Waals surface area (Å²) >= 11 is 0. The highest BCUT2D eigenvalue weighted by atomic mass is 19.4. The molecule has 0 saturated heterocycles. The molecule has 148 valence electrons. The van der Waals surface area contributed by atoms with Gasteiger partial charge in [-0.25, -0.2) is 0 Å². The number of rotatable bonds is 7. The Hall–Kier alpha value is -2.47. The lowest BCUT2D eigenvalue weighted by Gasteiger charge is -2.31. The number of amides is 1. The van der Waals surface area contributed by atoms with E-state index in [1.807, 2.05) is 0 Å². The zero-order valence-electron chi connectivity index (χ0n) is 14.7. The molecule has 3 N–H and O–H groups in total. The Morgan fingerprint density at radius 1 is 1.30 bits per heavy atom. The molecule has 1 fully saturated rings. The lowest BCUT2D eigenvalue weighted by molar-refractivity contribution is -0.137. The summed E-state index contributed by atoms with van der Waals surface area (Å²) in [5.74, 6) is -0.566. The number of aliphatic hydroxyl groups excluding tert-OH is 1. The van der Waals surface area contributed by atoms with Gasteiger partial charge >= 0.3 is 6.18 Å². The van der Waals surface area contributed by atoms with Gasteiger partial charge < -0.3 is 20.5 Å². The molecule has 27 heavy (non-hydrogen) atoms. The number of halogens is 3. The van der Waals surface area contributed by atoms with Crippen LogP contribution in [-0.2, 0) is 11.0 Å². The van der Waals surface area contributed by atoms with Crippen LogP contribution in [0.3, 0.4) is 0 Å². The molecule has 1 saturated carbocycles. The predicted octanol–water partition coefficient (Wildman–Crippen LogP) is 2.83. The van der Waals surface area contributed by atoms with Crippen molar-refractivity contribution in [3.63, 3.8) is 0 Å². The van der Waals surface area contributed by atoms with Crippen LogP contribution in [0.5, 0.6) is 5.75 Å². The van der Waals surface area contributed by atoms with Gasteiger partial charge in [0.15, 0.2) is 0 Å². The number of benzene rings is 1. The molecule has 0 spiro atoms. The number of nitriles is 1. The van der Waals surface area contributed by atoms with E-state index in [0.29, 0.717) is 12.8 Å². The van der Waals surface area contributed by atoms with Gasteiger partial charge in [-0.15, -0.1) is 0 Å². The highest BCUT2D eigenvalue weighted by Crippen LogP contribution is 2.37. The molecule has 9 heteroatoms. The minimum Gasteiger partial charge on any atom is -0.491 e. The molecule has 1 aromatic carbocycles. The second-order valence-electron chi connectivity index (χ2n) is 6.43. The van der Waals surface area contributed by atoms with Crippen LogP contribution in [0.1, 0.15) is 37.7 Å². The number of aliphatic hydroxyl groups is 1. The molecule has 2 rings (SSSR count). The third kappa shape index (κ3) is 5.76. The number of carbonyl (C=O) groups is 1. The number of hydrogen-bond donors (Lipinski definition) is 3. The van der Waals surface area contributed by atoms with Crippen LogP contribution in [0.2, 0.25) is 0 Å². The Morgan fingerprint density at radius 2 is 2.00 bits per heavy atom. The Kier molecular flexibility index (Phi) is 6.91. The molecular formula is C18H22F3N3O3. The van der Waals surface area contributed by atoms with Crippen LogP contribution in [0.25, 0.3) is 0 Å². The largest absolute Gasteiger partial charge is 0.491 e. The average molecular weight is 385 g/mol. The smallest absolute Gasteiger partial charge is 0.418 e. The second kappa shape index (κ2) is 8.95. The van der Waals surface area contributed by atoms with Gasteiger partial charge in [0, 0.05) is 5.69 Å². The van der Waals surface area contributed by atoms with Crippen LogP contribution in [0.4, 0.5) is 18.9 Å². The predicted molar refractivity (Wildman–Crippen MR) is 92.1 cm³/mol. The van der Waals surface area contributed by atoms with Crippen molar-refractivity contribution < 1.29 is 27.8 Å². The van der Waals surface area contributed by atoms with E-state index >= 15 is 0 Å². The van der Waals surface area contributed by atoms with Crippen molar-refractivity contribution in [3.05, 3.63) is 23.8 Å². The minimum absolute atomic E-state index is 0.0305. The van der Waals surface area contributed by atoms with E-state index in [0.717, 1.165) is 25.3 Å². The molecule has 6 nitrogen and oxygen atoms in total. The maximum Gasteiger partial charge on any atom is 0.418 e. The molecule has 0 heterocycles. The number of anilines is 1. The molecule has 0 radical (unpaired) electrons. The molecular weight excluding hydrogens is 363 g/mol. The summed E-state index contributed by atoms with van der Waals surface area (Å²) in [5, 5.41) is 23.2. The average Bonchev–Trinajstić information content (AvgIpc) is 2.65. The van der Waals surface area contributed by atoms with E-state index in [1.165, 1.54) is 12.1 Å². The first kappa shape index (κ1) is 20.8. The normalized spacial score (nSPS) is 16.3. The molecule has 1 aliphatic carbocycles. The highest BCUT2D eigenvalue weighted by molar-refractivity contribution is 5.82. The summed E-state index contributed by atoms with van der Waals surface area (Å²) in [4.78, 5) is 12.2. The quantitative estimate of drug-likeness (QED) is 0.671. The van der Waals surface area contributed by atoms with Crippen molar-refractivity contribution in [2.45, 2.75) is 43.8 Å². The van der Waals surface area contributed by atoms with Gasteiger partial charge in [0.2, 0.25) is 5.91 Å². The molecule has 0 unspecified atom stereocenters. The van der Waals surface area contributed by atoms with Gasteiger partial charge in [-0.1, -0.05) is 19.3 Å². The summed E-state index contributed by atoms with van der Waals surface area (Å²) in [5.41, 5.74) is -2.17. The number of alkyl halides is 3. The highest BCUT2D eigenvalue weighted by Gasteiger charge is 2.35.